The summed E-state index contributed by atoms with van der Waals surface area (Å²) in [7, 11) is 0. The van der Waals surface area contributed by atoms with Gasteiger partial charge in [0.1, 0.15) is 25.1 Å². The highest BCUT2D eigenvalue weighted by Crippen LogP contribution is 2.25. The second kappa shape index (κ2) is 14.4. The van der Waals surface area contributed by atoms with Crippen molar-refractivity contribution in [2.75, 3.05) is 6.54 Å². The van der Waals surface area contributed by atoms with E-state index < -0.39 is 29.8 Å². The van der Waals surface area contributed by atoms with E-state index in [0.29, 0.717) is 12.0 Å². The number of aryl methyl sites for hydroxylation is 1. The van der Waals surface area contributed by atoms with Gasteiger partial charge in [-0.15, -0.1) is 0 Å². The number of alkyl carbamates (subject to hydrolysis) is 1. The van der Waals surface area contributed by atoms with Gasteiger partial charge in [-0.2, -0.15) is 0 Å². The number of carbonyl (C=O) groups is 3. The van der Waals surface area contributed by atoms with Crippen LogP contribution in [-0.2, 0) is 33.9 Å². The molecule has 1 aromatic heterocycles. The third-order valence-corrected chi connectivity index (χ3v) is 6.24. The van der Waals surface area contributed by atoms with E-state index in [1.165, 1.54) is 6.07 Å². The molecule has 0 spiro atoms. The highest BCUT2D eigenvalue weighted by atomic mass is 19.1. The molecule has 0 radical (unpaired) electrons. The normalized spacial score (nSPS) is 11.3. The molecule has 2 amide bonds. The number of carbonyl (C=O) groups excluding carboxylic acids is 3. The maximum atomic E-state index is 14.6. The predicted octanol–water partition coefficient (Wildman–Crippen LogP) is 5.22. The number of pyridine rings is 1. The van der Waals surface area contributed by atoms with Gasteiger partial charge in [-0.3, -0.25) is 9.78 Å². The van der Waals surface area contributed by atoms with Crippen molar-refractivity contribution in [2.24, 2.45) is 0 Å². The minimum absolute atomic E-state index is 0.00830. The maximum Gasteiger partial charge on any atom is 0.408 e. The van der Waals surface area contributed by atoms with E-state index in [4.69, 9.17) is 9.47 Å². The Labute approximate surface area is 237 Å². The van der Waals surface area contributed by atoms with Crippen LogP contribution in [0.5, 0.6) is 0 Å². The van der Waals surface area contributed by atoms with Crippen LogP contribution >= 0.6 is 0 Å². The number of rotatable bonds is 11. The monoisotopic (exact) mass is 555 g/mol. The van der Waals surface area contributed by atoms with E-state index >= 15 is 0 Å². The van der Waals surface area contributed by atoms with Crippen molar-refractivity contribution in [2.45, 2.75) is 32.6 Å². The lowest BCUT2D eigenvalue weighted by atomic mass is 9.98. The van der Waals surface area contributed by atoms with E-state index in [-0.39, 0.29) is 25.3 Å². The van der Waals surface area contributed by atoms with Gasteiger partial charge in [0.2, 0.25) is 0 Å². The van der Waals surface area contributed by atoms with Gasteiger partial charge < -0.3 is 20.1 Å². The first kappa shape index (κ1) is 28.9. The Morgan fingerprint density at radius 3 is 2.20 bits per heavy atom. The maximum absolute atomic E-state index is 14.6. The lowest BCUT2D eigenvalue weighted by Crippen LogP contribution is -2.49. The van der Waals surface area contributed by atoms with Crippen molar-refractivity contribution in [1.29, 1.82) is 0 Å². The van der Waals surface area contributed by atoms with E-state index in [0.717, 1.165) is 28.3 Å². The third-order valence-electron chi connectivity index (χ3n) is 6.24. The molecule has 3 aromatic carbocycles. The lowest BCUT2D eigenvalue weighted by molar-refractivity contribution is -0.147. The molecule has 0 unspecified atom stereocenters. The summed E-state index contributed by atoms with van der Waals surface area (Å²) in [5.41, 5.74) is 3.77. The molecule has 0 saturated carbocycles. The predicted molar refractivity (Wildman–Crippen MR) is 151 cm³/mol. The summed E-state index contributed by atoms with van der Waals surface area (Å²) in [5.74, 6) is -1.98. The second-order valence-electron chi connectivity index (χ2n) is 9.18. The minimum atomic E-state index is -1.26. The molecular formula is C32H30FN3O5. The molecule has 0 saturated heterocycles. The Hall–Kier alpha value is -5.05. The fourth-order valence-corrected chi connectivity index (χ4v) is 4.09. The number of ether oxygens (including phenoxy) is 2. The minimum Gasteiger partial charge on any atom is -0.459 e. The summed E-state index contributed by atoms with van der Waals surface area (Å²) in [6.07, 6.45) is 3.13. The molecule has 0 fully saturated rings. The fraction of sp³-hybridized carbons (Fsp3) is 0.188. The SMILES string of the molecule is CCc1cnccc1-c1cc(F)cc(C(=O)NC[C@@H](NC(=O)OCc2ccccc2)C(=O)OCc2ccccc2)c1. The zero-order valence-corrected chi connectivity index (χ0v) is 22.5. The average Bonchev–Trinajstić information content (AvgIpc) is 3.01. The zero-order chi connectivity index (χ0) is 29.0. The molecule has 9 heteroatoms. The molecule has 0 aliphatic heterocycles. The summed E-state index contributed by atoms with van der Waals surface area (Å²) in [6, 6.07) is 22.6. The fourth-order valence-electron chi connectivity index (χ4n) is 4.09. The van der Waals surface area contributed by atoms with Crippen LogP contribution in [0.3, 0.4) is 0 Å². The van der Waals surface area contributed by atoms with E-state index in [1.54, 1.807) is 48.8 Å². The molecule has 0 bridgehead atoms. The number of hydrogen-bond acceptors (Lipinski definition) is 6. The second-order valence-corrected chi connectivity index (χ2v) is 9.18. The Balaban J connectivity index is 1.45. The molecule has 41 heavy (non-hydrogen) atoms. The summed E-state index contributed by atoms with van der Waals surface area (Å²) < 4.78 is 25.2. The van der Waals surface area contributed by atoms with Crippen LogP contribution in [0.25, 0.3) is 11.1 Å². The van der Waals surface area contributed by atoms with Gasteiger partial charge in [0.15, 0.2) is 0 Å². The zero-order valence-electron chi connectivity index (χ0n) is 22.5. The van der Waals surface area contributed by atoms with Gasteiger partial charge in [0, 0.05) is 24.5 Å². The first-order valence-corrected chi connectivity index (χ1v) is 13.1. The van der Waals surface area contributed by atoms with Gasteiger partial charge in [0.05, 0.1) is 0 Å². The number of nitrogens with zero attached hydrogens (tertiary/aromatic N) is 1. The smallest absolute Gasteiger partial charge is 0.408 e. The van der Waals surface area contributed by atoms with Crippen molar-refractivity contribution in [3.8, 4) is 11.1 Å². The molecule has 4 rings (SSSR count). The molecule has 4 aromatic rings. The number of benzene rings is 3. The Morgan fingerprint density at radius 1 is 0.878 bits per heavy atom. The van der Waals surface area contributed by atoms with Crippen LogP contribution in [-0.4, -0.2) is 35.5 Å². The van der Waals surface area contributed by atoms with Crippen molar-refractivity contribution >= 4 is 18.0 Å². The number of nitrogens with one attached hydrogen (secondary N) is 2. The average molecular weight is 556 g/mol. The molecule has 1 heterocycles. The Kier molecular flexibility index (Phi) is 10.1. The number of esters is 1. The molecular weight excluding hydrogens is 525 g/mol. The van der Waals surface area contributed by atoms with Crippen LogP contribution in [0.2, 0.25) is 0 Å². The van der Waals surface area contributed by atoms with E-state index in [1.807, 2.05) is 43.3 Å². The van der Waals surface area contributed by atoms with Crippen LogP contribution in [0.15, 0.2) is 97.3 Å². The molecule has 0 aliphatic carbocycles. The van der Waals surface area contributed by atoms with Crippen LogP contribution in [0, 0.1) is 5.82 Å². The largest absolute Gasteiger partial charge is 0.459 e. The first-order valence-electron chi connectivity index (χ1n) is 13.1. The van der Waals surface area contributed by atoms with E-state index in [2.05, 4.69) is 15.6 Å². The summed E-state index contributed by atoms with van der Waals surface area (Å²) in [6.45, 7) is 1.62. The van der Waals surface area contributed by atoms with E-state index in [9.17, 15) is 18.8 Å². The summed E-state index contributed by atoms with van der Waals surface area (Å²) in [4.78, 5) is 42.6. The van der Waals surface area contributed by atoms with Crippen LogP contribution < -0.4 is 10.6 Å². The molecule has 210 valence electrons. The van der Waals surface area contributed by atoms with Crippen molar-refractivity contribution < 1.29 is 28.2 Å². The van der Waals surface area contributed by atoms with Gasteiger partial charge >= 0.3 is 12.1 Å². The van der Waals surface area contributed by atoms with Gasteiger partial charge in [-0.1, -0.05) is 67.6 Å². The highest BCUT2D eigenvalue weighted by Gasteiger charge is 2.25. The van der Waals surface area contributed by atoms with Gasteiger partial charge in [0.25, 0.3) is 5.91 Å². The number of hydrogen-bond donors (Lipinski definition) is 2. The molecule has 2 N–H and O–H groups in total. The molecule has 1 atom stereocenters. The van der Waals surface area contributed by atoms with Gasteiger partial charge in [-0.25, -0.2) is 14.0 Å². The third kappa shape index (κ3) is 8.47. The van der Waals surface area contributed by atoms with Crippen LogP contribution in [0.1, 0.15) is 34.0 Å². The quantitative estimate of drug-likeness (QED) is 0.246. The van der Waals surface area contributed by atoms with Crippen LogP contribution in [0.4, 0.5) is 9.18 Å². The topological polar surface area (TPSA) is 107 Å². The van der Waals surface area contributed by atoms with Crippen molar-refractivity contribution in [3.63, 3.8) is 0 Å². The lowest BCUT2D eigenvalue weighted by Gasteiger charge is -2.18. The Morgan fingerprint density at radius 2 is 1.54 bits per heavy atom. The summed E-state index contributed by atoms with van der Waals surface area (Å²) in [5, 5.41) is 5.07. The number of aromatic nitrogens is 1. The Bertz CT molecular complexity index is 1480. The molecule has 8 nitrogen and oxygen atoms in total. The first-order chi connectivity index (χ1) is 19.9. The summed E-state index contributed by atoms with van der Waals surface area (Å²) >= 11 is 0. The number of halogens is 1. The standard InChI is InChI=1S/C32H30FN3O5/c1-2-24-18-34-14-13-28(24)25-15-26(17-27(33)16-25)30(37)35-19-29(31(38)40-20-22-9-5-3-6-10-22)36-32(39)41-21-23-11-7-4-8-12-23/h3-18,29H,2,19-21H2,1H3,(H,35,37)(H,36,39)/t29-/m1/s1. The van der Waals surface area contributed by atoms with Gasteiger partial charge in [-0.05, 0) is 58.5 Å². The highest BCUT2D eigenvalue weighted by molar-refractivity contribution is 5.96. The van der Waals surface area contributed by atoms with Crippen molar-refractivity contribution in [3.05, 3.63) is 125 Å². The molecule has 0 aliphatic rings. The van der Waals surface area contributed by atoms with Crippen molar-refractivity contribution in [1.82, 2.24) is 15.6 Å². The number of amides is 2.